The van der Waals surface area contributed by atoms with E-state index in [9.17, 15) is 4.79 Å². The summed E-state index contributed by atoms with van der Waals surface area (Å²) in [6.45, 7) is 4.21. The number of carbonyl (C=O) groups is 1. The predicted molar refractivity (Wildman–Crippen MR) is 117 cm³/mol. The van der Waals surface area contributed by atoms with Gasteiger partial charge in [-0.15, -0.1) is 10.2 Å². The first-order valence-electron chi connectivity index (χ1n) is 10.1. The molecule has 0 spiro atoms. The lowest BCUT2D eigenvalue weighted by atomic mass is 10.1. The van der Waals surface area contributed by atoms with E-state index >= 15 is 0 Å². The molecule has 2 heterocycles. The summed E-state index contributed by atoms with van der Waals surface area (Å²) in [6, 6.07) is 19.2. The summed E-state index contributed by atoms with van der Waals surface area (Å²) < 4.78 is 0. The zero-order chi connectivity index (χ0) is 20.1. The number of amides is 2. The van der Waals surface area contributed by atoms with E-state index in [0.717, 1.165) is 48.0 Å². The van der Waals surface area contributed by atoms with Crippen LogP contribution in [0.3, 0.4) is 0 Å². The molecule has 0 bridgehead atoms. The molecule has 2 aromatic carbocycles. The molecule has 1 saturated heterocycles. The van der Waals surface area contributed by atoms with Crippen molar-refractivity contribution < 1.29 is 4.79 Å². The van der Waals surface area contributed by atoms with E-state index in [0.29, 0.717) is 0 Å². The third-order valence-electron chi connectivity index (χ3n) is 5.14. The van der Waals surface area contributed by atoms with Gasteiger partial charge in [0.25, 0.3) is 0 Å². The number of nitrogens with zero attached hydrogens (tertiary/aromatic N) is 3. The fraction of sp³-hybridized carbons (Fsp3) is 0.261. The maximum Gasteiger partial charge on any atom is 0.323 e. The maximum atomic E-state index is 12.2. The molecule has 1 aliphatic heterocycles. The Bertz CT molecular complexity index is 946. The standard InChI is InChI=1S/C23H25N5O/c1-2-17-5-9-19(10-6-17)24-23(29)25-20-11-7-18(8-12-20)21-13-14-22(27-26-21)28-15-3-4-16-28/h5-14H,2-4,15-16H2,1H3,(H2,24,25,29). The number of hydrogen-bond donors (Lipinski definition) is 2. The second-order valence-electron chi connectivity index (χ2n) is 7.18. The highest BCUT2D eigenvalue weighted by Gasteiger charge is 2.14. The van der Waals surface area contributed by atoms with Crippen LogP contribution in [0.25, 0.3) is 11.3 Å². The van der Waals surface area contributed by atoms with E-state index in [1.54, 1.807) is 0 Å². The Kier molecular flexibility index (Phi) is 5.70. The number of anilines is 3. The van der Waals surface area contributed by atoms with Gasteiger partial charge in [-0.3, -0.25) is 0 Å². The van der Waals surface area contributed by atoms with Gasteiger partial charge in [0.15, 0.2) is 5.82 Å². The van der Waals surface area contributed by atoms with E-state index in [4.69, 9.17) is 0 Å². The van der Waals surface area contributed by atoms with Crippen molar-refractivity contribution in [1.82, 2.24) is 10.2 Å². The van der Waals surface area contributed by atoms with E-state index < -0.39 is 0 Å². The molecule has 0 atom stereocenters. The van der Waals surface area contributed by atoms with Crippen molar-refractivity contribution >= 4 is 23.2 Å². The van der Waals surface area contributed by atoms with Gasteiger partial charge >= 0.3 is 6.03 Å². The van der Waals surface area contributed by atoms with Crippen LogP contribution < -0.4 is 15.5 Å². The van der Waals surface area contributed by atoms with Crippen molar-refractivity contribution in [1.29, 1.82) is 0 Å². The summed E-state index contributed by atoms with van der Waals surface area (Å²) in [4.78, 5) is 14.5. The molecule has 2 amide bonds. The Balaban J connectivity index is 1.36. The van der Waals surface area contributed by atoms with E-state index in [2.05, 4.69) is 32.7 Å². The monoisotopic (exact) mass is 387 g/mol. The Morgan fingerprint density at radius 3 is 2.03 bits per heavy atom. The molecule has 0 radical (unpaired) electrons. The minimum Gasteiger partial charge on any atom is -0.355 e. The number of urea groups is 1. The van der Waals surface area contributed by atoms with Crippen LogP contribution in [-0.4, -0.2) is 29.3 Å². The summed E-state index contributed by atoms with van der Waals surface area (Å²) in [5.74, 6) is 0.938. The Morgan fingerprint density at radius 2 is 1.48 bits per heavy atom. The lowest BCUT2D eigenvalue weighted by Crippen LogP contribution is -2.19. The zero-order valence-electron chi connectivity index (χ0n) is 16.6. The van der Waals surface area contributed by atoms with Crippen LogP contribution in [0.15, 0.2) is 60.7 Å². The molecule has 6 heteroatoms. The number of hydrogen-bond acceptors (Lipinski definition) is 4. The molecule has 0 aliphatic carbocycles. The molecule has 148 valence electrons. The van der Waals surface area contributed by atoms with E-state index in [1.165, 1.54) is 18.4 Å². The summed E-state index contributed by atoms with van der Waals surface area (Å²) in [6.07, 6.45) is 3.41. The van der Waals surface area contributed by atoms with Crippen molar-refractivity contribution in [2.75, 3.05) is 28.6 Å². The fourth-order valence-electron chi connectivity index (χ4n) is 3.44. The van der Waals surface area contributed by atoms with Gasteiger partial charge in [0.2, 0.25) is 0 Å². The lowest BCUT2D eigenvalue weighted by Gasteiger charge is -2.15. The molecule has 1 fully saturated rings. The van der Waals surface area contributed by atoms with E-state index in [1.807, 2.05) is 60.7 Å². The number of carbonyl (C=O) groups excluding carboxylic acids is 1. The van der Waals surface area contributed by atoms with Crippen molar-refractivity contribution in [2.45, 2.75) is 26.2 Å². The smallest absolute Gasteiger partial charge is 0.323 e. The Morgan fingerprint density at radius 1 is 0.862 bits per heavy atom. The van der Waals surface area contributed by atoms with Gasteiger partial charge in [-0.25, -0.2) is 4.79 Å². The van der Waals surface area contributed by atoms with Crippen LogP contribution in [0.2, 0.25) is 0 Å². The molecule has 3 aromatic rings. The van der Waals surface area contributed by atoms with Crippen molar-refractivity contribution in [3.63, 3.8) is 0 Å². The number of aromatic nitrogens is 2. The molecule has 1 aliphatic rings. The number of aryl methyl sites for hydroxylation is 1. The molecule has 4 rings (SSSR count). The topological polar surface area (TPSA) is 70.2 Å². The largest absolute Gasteiger partial charge is 0.355 e. The quantitative estimate of drug-likeness (QED) is 0.650. The molecular weight excluding hydrogens is 362 g/mol. The summed E-state index contributed by atoms with van der Waals surface area (Å²) in [5.41, 5.74) is 4.51. The Hall–Kier alpha value is -3.41. The van der Waals surface area contributed by atoms with Crippen LogP contribution in [0.5, 0.6) is 0 Å². The van der Waals surface area contributed by atoms with Gasteiger partial charge in [0.1, 0.15) is 0 Å². The number of nitrogens with one attached hydrogen (secondary N) is 2. The predicted octanol–water partition coefficient (Wildman–Crippen LogP) is 4.95. The van der Waals surface area contributed by atoms with E-state index in [-0.39, 0.29) is 6.03 Å². The molecule has 0 unspecified atom stereocenters. The molecule has 6 nitrogen and oxygen atoms in total. The van der Waals surface area contributed by atoms with Gasteiger partial charge < -0.3 is 15.5 Å². The van der Waals surface area contributed by atoms with Gasteiger partial charge in [-0.1, -0.05) is 31.2 Å². The van der Waals surface area contributed by atoms with Gasteiger partial charge in [0.05, 0.1) is 5.69 Å². The third kappa shape index (κ3) is 4.71. The molecule has 2 N–H and O–H groups in total. The number of benzene rings is 2. The normalized spacial score (nSPS) is 13.3. The average molecular weight is 387 g/mol. The third-order valence-corrected chi connectivity index (χ3v) is 5.14. The average Bonchev–Trinajstić information content (AvgIpc) is 3.30. The first-order chi connectivity index (χ1) is 14.2. The SMILES string of the molecule is CCc1ccc(NC(=O)Nc2ccc(-c3ccc(N4CCCC4)nn3)cc2)cc1. The molecule has 0 saturated carbocycles. The van der Waals surface area contributed by atoms with Crippen LogP contribution in [0, 0.1) is 0 Å². The maximum absolute atomic E-state index is 12.2. The highest BCUT2D eigenvalue weighted by molar-refractivity contribution is 5.99. The van der Waals surface area contributed by atoms with Gasteiger partial charge in [0, 0.05) is 30.0 Å². The highest BCUT2D eigenvalue weighted by atomic mass is 16.2. The fourth-order valence-corrected chi connectivity index (χ4v) is 3.44. The minimum absolute atomic E-state index is 0.267. The van der Waals surface area contributed by atoms with Crippen LogP contribution >= 0.6 is 0 Å². The van der Waals surface area contributed by atoms with Gasteiger partial charge in [-0.05, 0) is 61.2 Å². The van der Waals surface area contributed by atoms with Crippen molar-refractivity contribution in [3.05, 3.63) is 66.2 Å². The van der Waals surface area contributed by atoms with Crippen LogP contribution in [0.4, 0.5) is 22.0 Å². The first-order valence-corrected chi connectivity index (χ1v) is 10.1. The van der Waals surface area contributed by atoms with Gasteiger partial charge in [-0.2, -0.15) is 0 Å². The zero-order valence-corrected chi connectivity index (χ0v) is 16.6. The molecule has 29 heavy (non-hydrogen) atoms. The second-order valence-corrected chi connectivity index (χ2v) is 7.18. The highest BCUT2D eigenvalue weighted by Crippen LogP contribution is 2.22. The van der Waals surface area contributed by atoms with Crippen LogP contribution in [0.1, 0.15) is 25.3 Å². The first kappa shape index (κ1) is 18.9. The summed E-state index contributed by atoms with van der Waals surface area (Å²) in [5, 5.41) is 14.4. The lowest BCUT2D eigenvalue weighted by molar-refractivity contribution is 0.262. The second kappa shape index (κ2) is 8.73. The minimum atomic E-state index is -0.267. The summed E-state index contributed by atoms with van der Waals surface area (Å²) in [7, 11) is 0. The van der Waals surface area contributed by atoms with Crippen molar-refractivity contribution in [2.24, 2.45) is 0 Å². The molecule has 1 aromatic heterocycles. The van der Waals surface area contributed by atoms with Crippen molar-refractivity contribution in [3.8, 4) is 11.3 Å². The summed E-state index contributed by atoms with van der Waals surface area (Å²) >= 11 is 0. The Labute approximate surface area is 171 Å². The van der Waals surface area contributed by atoms with Crippen LogP contribution in [-0.2, 0) is 6.42 Å². The molecular formula is C23H25N5O. The number of rotatable bonds is 5.